The molecule has 2 saturated heterocycles. The maximum Gasteiger partial charge on any atom is 0.213 e. The summed E-state index contributed by atoms with van der Waals surface area (Å²) in [4.78, 5) is 10.7. The molecule has 1 aromatic carbocycles. The normalized spacial score (nSPS) is 21.0. The minimum Gasteiger partial charge on any atom is -0.481 e. The van der Waals surface area contributed by atoms with Gasteiger partial charge in [-0.2, -0.15) is 0 Å². The topological polar surface area (TPSA) is 53.2 Å². The van der Waals surface area contributed by atoms with Crippen LogP contribution in [-0.4, -0.2) is 54.2 Å². The highest BCUT2D eigenvalue weighted by molar-refractivity contribution is 5.91. The zero-order valence-electron chi connectivity index (χ0n) is 19.5. The van der Waals surface area contributed by atoms with Gasteiger partial charge in [0.05, 0.1) is 7.11 Å². The number of piperidine rings is 1. The summed E-state index contributed by atoms with van der Waals surface area (Å²) in [5.41, 5.74) is 6.44. The van der Waals surface area contributed by atoms with Crippen molar-refractivity contribution >= 4 is 10.9 Å². The third-order valence-corrected chi connectivity index (χ3v) is 7.58. The lowest BCUT2D eigenvalue weighted by atomic mass is 9.87. The molecule has 0 amide bonds. The number of hydrogen-bond acceptors (Lipinski definition) is 4. The highest BCUT2D eigenvalue weighted by Gasteiger charge is 2.26. The molecule has 0 radical (unpaired) electrons. The zero-order chi connectivity index (χ0) is 21.9. The van der Waals surface area contributed by atoms with Gasteiger partial charge in [-0.15, -0.1) is 0 Å². The van der Waals surface area contributed by atoms with E-state index in [1.807, 2.05) is 12.3 Å². The van der Waals surface area contributed by atoms with E-state index in [0.29, 0.717) is 11.8 Å². The van der Waals surface area contributed by atoms with Crippen molar-refractivity contribution in [3.05, 3.63) is 47.7 Å². The van der Waals surface area contributed by atoms with E-state index in [4.69, 9.17) is 4.74 Å². The third-order valence-electron chi connectivity index (χ3n) is 7.58. The van der Waals surface area contributed by atoms with Crippen molar-refractivity contribution in [2.24, 2.45) is 0 Å². The van der Waals surface area contributed by atoms with Crippen LogP contribution in [0.2, 0.25) is 0 Å². The lowest BCUT2D eigenvalue weighted by Gasteiger charge is -2.37. The Balaban J connectivity index is 1.37. The van der Waals surface area contributed by atoms with E-state index in [0.717, 1.165) is 18.0 Å². The molecule has 5 nitrogen and oxygen atoms in total. The molecule has 1 atom stereocenters. The van der Waals surface area contributed by atoms with Crippen LogP contribution in [0.25, 0.3) is 22.2 Å². The summed E-state index contributed by atoms with van der Waals surface area (Å²) < 4.78 is 5.35. The molecule has 0 saturated carbocycles. The molecular formula is C27H36N4O. The number of H-pyrrole nitrogens is 1. The van der Waals surface area contributed by atoms with Gasteiger partial charge in [0.2, 0.25) is 5.88 Å². The van der Waals surface area contributed by atoms with Gasteiger partial charge in [-0.05, 0) is 99.9 Å². The molecule has 2 aliphatic rings. The van der Waals surface area contributed by atoms with Crippen LogP contribution in [0.1, 0.15) is 56.1 Å². The summed E-state index contributed by atoms with van der Waals surface area (Å²) in [5.74, 6) is 1.32. The minimum absolute atomic E-state index is 0.653. The molecular weight excluding hydrogens is 396 g/mol. The predicted molar refractivity (Wildman–Crippen MR) is 132 cm³/mol. The number of fused-ring (bicyclic) bond motifs is 1. The number of rotatable bonds is 5. The quantitative estimate of drug-likeness (QED) is 0.587. The molecule has 2 aromatic heterocycles. The van der Waals surface area contributed by atoms with E-state index in [1.54, 1.807) is 7.11 Å². The van der Waals surface area contributed by atoms with Crippen molar-refractivity contribution in [1.82, 2.24) is 20.2 Å². The average Bonchev–Trinajstić information content (AvgIpc) is 3.01. The van der Waals surface area contributed by atoms with Crippen molar-refractivity contribution < 1.29 is 4.74 Å². The van der Waals surface area contributed by atoms with Gasteiger partial charge in [-0.25, -0.2) is 4.98 Å². The molecule has 4 heterocycles. The van der Waals surface area contributed by atoms with Crippen molar-refractivity contribution in [3.8, 4) is 17.1 Å². The summed E-state index contributed by atoms with van der Waals surface area (Å²) in [6, 6.07) is 12.0. The van der Waals surface area contributed by atoms with E-state index in [2.05, 4.69) is 51.4 Å². The van der Waals surface area contributed by atoms with Gasteiger partial charge in [0, 0.05) is 40.5 Å². The SMILES string of the molecule is CCc1c(-c2ccnc(OC)c2)[nH]c2ccc(C3CCN(C4CCCNCC4)CC3)cc12. The molecule has 0 aliphatic carbocycles. The van der Waals surface area contributed by atoms with Gasteiger partial charge in [0.15, 0.2) is 0 Å². The summed E-state index contributed by atoms with van der Waals surface area (Å²) in [6.07, 6.45) is 9.35. The van der Waals surface area contributed by atoms with E-state index >= 15 is 0 Å². The van der Waals surface area contributed by atoms with Crippen LogP contribution in [-0.2, 0) is 6.42 Å². The molecule has 2 fully saturated rings. The summed E-state index contributed by atoms with van der Waals surface area (Å²) in [5, 5.41) is 4.93. The first kappa shape index (κ1) is 21.5. The Bertz CT molecular complexity index is 1040. The van der Waals surface area contributed by atoms with E-state index < -0.39 is 0 Å². The van der Waals surface area contributed by atoms with Crippen LogP contribution in [0.4, 0.5) is 0 Å². The standard InChI is InChI=1S/C27H36N4O/c1-3-23-24-17-20(19-10-15-31(16-11-19)22-5-4-12-28-13-9-22)6-7-25(24)30-27(23)21-8-14-29-26(18-21)32-2/h6-8,14,17-19,22,28,30H,3-5,9-13,15-16H2,1-2H3. The Morgan fingerprint density at radius 3 is 2.75 bits per heavy atom. The molecule has 0 spiro atoms. The van der Waals surface area contributed by atoms with Crippen molar-refractivity contribution in [1.29, 1.82) is 0 Å². The van der Waals surface area contributed by atoms with Crippen LogP contribution in [0.5, 0.6) is 5.88 Å². The summed E-state index contributed by atoms with van der Waals surface area (Å²) in [7, 11) is 1.67. The number of likely N-dealkylation sites (tertiary alicyclic amines) is 1. The number of benzene rings is 1. The van der Waals surface area contributed by atoms with E-state index in [1.165, 1.54) is 86.0 Å². The Kier molecular flexibility index (Phi) is 6.47. The van der Waals surface area contributed by atoms with Crippen LogP contribution >= 0.6 is 0 Å². The average molecular weight is 433 g/mol. The van der Waals surface area contributed by atoms with Gasteiger partial charge < -0.3 is 19.9 Å². The lowest BCUT2D eigenvalue weighted by molar-refractivity contribution is 0.141. The van der Waals surface area contributed by atoms with Gasteiger partial charge in [0.25, 0.3) is 0 Å². The number of nitrogens with zero attached hydrogens (tertiary/aromatic N) is 2. The van der Waals surface area contributed by atoms with Crippen molar-refractivity contribution in [2.45, 2.75) is 57.4 Å². The molecule has 170 valence electrons. The molecule has 2 N–H and O–H groups in total. The van der Waals surface area contributed by atoms with Crippen LogP contribution in [0, 0.1) is 0 Å². The number of nitrogens with one attached hydrogen (secondary N) is 2. The first-order valence-corrected chi connectivity index (χ1v) is 12.4. The van der Waals surface area contributed by atoms with Crippen LogP contribution in [0.15, 0.2) is 36.5 Å². The number of methoxy groups -OCH3 is 1. The summed E-state index contributed by atoms with van der Waals surface area (Å²) in [6.45, 7) is 7.10. The molecule has 3 aromatic rings. The maximum absolute atomic E-state index is 5.35. The fraction of sp³-hybridized carbons (Fsp3) is 0.519. The molecule has 1 unspecified atom stereocenters. The van der Waals surface area contributed by atoms with E-state index in [-0.39, 0.29) is 0 Å². The second-order valence-electron chi connectivity index (χ2n) is 9.37. The molecule has 0 bridgehead atoms. The largest absolute Gasteiger partial charge is 0.481 e. The number of ether oxygens (including phenoxy) is 1. The van der Waals surface area contributed by atoms with Crippen LogP contribution in [0.3, 0.4) is 0 Å². The second-order valence-corrected chi connectivity index (χ2v) is 9.37. The first-order valence-electron chi connectivity index (χ1n) is 12.4. The summed E-state index contributed by atoms with van der Waals surface area (Å²) >= 11 is 0. The highest BCUT2D eigenvalue weighted by Crippen LogP contribution is 2.36. The number of pyridine rings is 1. The van der Waals surface area contributed by atoms with Gasteiger partial charge >= 0.3 is 0 Å². The Hall–Kier alpha value is -2.37. The van der Waals surface area contributed by atoms with Crippen LogP contribution < -0.4 is 10.1 Å². The number of hydrogen-bond donors (Lipinski definition) is 2. The lowest BCUT2D eigenvalue weighted by Crippen LogP contribution is -2.41. The van der Waals surface area contributed by atoms with Gasteiger partial charge in [0.1, 0.15) is 0 Å². The minimum atomic E-state index is 0.653. The van der Waals surface area contributed by atoms with Gasteiger partial charge in [-0.1, -0.05) is 13.0 Å². The second kappa shape index (κ2) is 9.63. The fourth-order valence-corrected chi connectivity index (χ4v) is 5.77. The maximum atomic E-state index is 5.35. The third kappa shape index (κ3) is 4.28. The zero-order valence-corrected chi connectivity index (χ0v) is 19.5. The Labute approximate surface area is 191 Å². The monoisotopic (exact) mass is 432 g/mol. The number of aryl methyl sites for hydroxylation is 1. The Morgan fingerprint density at radius 2 is 1.94 bits per heavy atom. The van der Waals surface area contributed by atoms with Crippen molar-refractivity contribution in [2.75, 3.05) is 33.3 Å². The molecule has 2 aliphatic heterocycles. The number of aromatic nitrogens is 2. The fourth-order valence-electron chi connectivity index (χ4n) is 5.77. The predicted octanol–water partition coefficient (Wildman–Crippen LogP) is 5.12. The van der Waals surface area contributed by atoms with Crippen molar-refractivity contribution in [3.63, 3.8) is 0 Å². The highest BCUT2D eigenvalue weighted by atomic mass is 16.5. The molecule has 5 rings (SSSR count). The Morgan fingerprint density at radius 1 is 1.06 bits per heavy atom. The van der Waals surface area contributed by atoms with E-state index in [9.17, 15) is 0 Å². The van der Waals surface area contributed by atoms with Gasteiger partial charge in [-0.3, -0.25) is 0 Å². The molecule has 5 heteroatoms. The first-order chi connectivity index (χ1) is 15.8. The smallest absolute Gasteiger partial charge is 0.213 e. The molecule has 32 heavy (non-hydrogen) atoms. The number of aromatic amines is 1.